The number of piperidine rings is 2. The molecule has 170 valence electrons. The second-order valence-electron chi connectivity index (χ2n) is 8.38. The van der Waals surface area contributed by atoms with Gasteiger partial charge in [0.1, 0.15) is 5.75 Å². The van der Waals surface area contributed by atoms with Crippen LogP contribution < -0.4 is 9.64 Å². The number of ether oxygens (including phenoxy) is 1. The van der Waals surface area contributed by atoms with E-state index in [-0.39, 0.29) is 43.1 Å². The molecule has 3 heterocycles. The minimum Gasteiger partial charge on any atom is -0.495 e. The third-order valence-electron chi connectivity index (χ3n) is 6.94. The number of nitrogens with zero attached hydrogens (tertiary/aromatic N) is 3. The zero-order valence-corrected chi connectivity index (χ0v) is 24.0. The van der Waals surface area contributed by atoms with E-state index in [2.05, 4.69) is 16.7 Å². The third-order valence-corrected chi connectivity index (χ3v) is 7.17. The van der Waals surface area contributed by atoms with Gasteiger partial charge in [-0.05, 0) is 62.7 Å². The summed E-state index contributed by atoms with van der Waals surface area (Å²) in [5.74, 6) is 0.855. The standard InChI is InChI=1S/C22H31ClN3O2.C2H5.U/c1-16(27)26(21-5-3-4-6-22(21)28-2)17-9-11-24(12-10-17)20-13-18-7-8-19(14-20)25(18)15-23;1-2;/h3-6,15,17-20H,7-14H2,1-2H3;1H2,2H3;/q2*-1;+2. The van der Waals surface area contributed by atoms with E-state index in [0.29, 0.717) is 18.1 Å². The Bertz CT molecular complexity index is 685. The molecule has 3 fully saturated rings. The van der Waals surface area contributed by atoms with E-state index in [1.807, 2.05) is 29.2 Å². The van der Waals surface area contributed by atoms with Gasteiger partial charge in [-0.15, -0.1) is 0 Å². The molecule has 0 aliphatic carbocycles. The van der Waals surface area contributed by atoms with Crippen LogP contribution in [0.1, 0.15) is 52.4 Å². The first-order valence-electron chi connectivity index (χ1n) is 11.2. The van der Waals surface area contributed by atoms with Crippen molar-refractivity contribution in [3.8, 4) is 5.75 Å². The van der Waals surface area contributed by atoms with E-state index in [9.17, 15) is 4.79 Å². The van der Waals surface area contributed by atoms with Crippen molar-refractivity contribution in [1.29, 1.82) is 0 Å². The van der Waals surface area contributed by atoms with Crippen LogP contribution in [0.5, 0.6) is 5.75 Å². The predicted octanol–water partition coefficient (Wildman–Crippen LogP) is 4.71. The van der Waals surface area contributed by atoms with Crippen molar-refractivity contribution in [3.05, 3.63) is 37.2 Å². The Morgan fingerprint density at radius 2 is 1.68 bits per heavy atom. The average Bonchev–Trinajstić information content (AvgIpc) is 3.03. The van der Waals surface area contributed by atoms with E-state index in [0.717, 1.165) is 37.4 Å². The molecule has 0 radical (unpaired) electrons. The fraction of sp³-hybridized carbons (Fsp3) is 0.625. The van der Waals surface area contributed by atoms with Crippen molar-refractivity contribution in [3.63, 3.8) is 0 Å². The van der Waals surface area contributed by atoms with Crippen molar-refractivity contribution < 1.29 is 40.6 Å². The molecule has 1 amide bonds. The number of fused-ring (bicyclic) bond motifs is 2. The molecule has 3 aliphatic heterocycles. The molecule has 0 N–H and O–H groups in total. The first-order chi connectivity index (χ1) is 14.6. The van der Waals surface area contributed by atoms with E-state index in [1.54, 1.807) is 27.0 Å². The Morgan fingerprint density at radius 1 is 1.10 bits per heavy atom. The first-order valence-corrected chi connectivity index (χ1v) is 11.6. The van der Waals surface area contributed by atoms with Gasteiger partial charge < -0.3 is 38.0 Å². The van der Waals surface area contributed by atoms with Gasteiger partial charge in [-0.3, -0.25) is 4.79 Å². The summed E-state index contributed by atoms with van der Waals surface area (Å²) in [5.41, 5.74) is 0.889. The molecule has 2 bridgehead atoms. The molecule has 4 rings (SSSR count). The zero-order chi connectivity index (χ0) is 21.7. The molecular formula is C24H36ClN3O2U. The zero-order valence-electron chi connectivity index (χ0n) is 19.1. The van der Waals surface area contributed by atoms with Crippen LogP contribution in [-0.2, 0) is 4.79 Å². The van der Waals surface area contributed by atoms with Gasteiger partial charge in [-0.1, -0.05) is 12.1 Å². The number of likely N-dealkylation sites (tertiary alicyclic amines) is 1. The van der Waals surface area contributed by atoms with Crippen LogP contribution in [0.3, 0.4) is 0 Å². The maximum Gasteiger partial charge on any atom is 2.00 e. The maximum atomic E-state index is 12.5. The third kappa shape index (κ3) is 6.01. The van der Waals surface area contributed by atoms with Gasteiger partial charge in [-0.2, -0.15) is 12.9 Å². The molecule has 0 spiro atoms. The fourth-order valence-electron chi connectivity index (χ4n) is 5.60. The number of carbonyl (C=O) groups excluding carboxylic acids is 1. The molecule has 2 atom stereocenters. The van der Waals surface area contributed by atoms with Crippen LogP contribution >= 0.6 is 11.6 Å². The van der Waals surface area contributed by atoms with Gasteiger partial charge in [0.05, 0.1) is 12.8 Å². The summed E-state index contributed by atoms with van der Waals surface area (Å²) >= 11 is 6.05. The normalized spacial score (nSPS) is 26.4. The first kappa shape index (κ1) is 27.0. The van der Waals surface area contributed by atoms with Gasteiger partial charge in [0.15, 0.2) is 0 Å². The van der Waals surface area contributed by atoms with Crippen molar-refractivity contribution in [2.75, 3.05) is 25.1 Å². The molecular weight excluding hydrogens is 636 g/mol. The van der Waals surface area contributed by atoms with Gasteiger partial charge in [0, 0.05) is 32.1 Å². The molecule has 2 unspecified atom stereocenters. The molecule has 7 heteroatoms. The Morgan fingerprint density at radius 3 is 2.19 bits per heavy atom. The molecule has 5 nitrogen and oxygen atoms in total. The number of carbonyl (C=O) groups is 1. The monoisotopic (exact) mass is 671 g/mol. The number of benzene rings is 1. The van der Waals surface area contributed by atoms with Crippen molar-refractivity contribution in [2.45, 2.75) is 76.5 Å². The summed E-state index contributed by atoms with van der Waals surface area (Å²) in [4.78, 5) is 19.5. The molecule has 3 aliphatic rings. The number of methoxy groups -OCH3 is 1. The Balaban J connectivity index is 0.00000111. The minimum absolute atomic E-state index is 0. The van der Waals surface area contributed by atoms with Crippen LogP contribution in [-0.4, -0.2) is 60.1 Å². The number of hydrogen-bond acceptors (Lipinski definition) is 4. The number of amides is 1. The second kappa shape index (κ2) is 12.8. The van der Waals surface area contributed by atoms with Crippen LogP contribution in [0.2, 0.25) is 0 Å². The van der Waals surface area contributed by atoms with Crippen molar-refractivity contribution in [1.82, 2.24) is 9.80 Å². The summed E-state index contributed by atoms with van der Waals surface area (Å²) in [6, 6.07) is 11.7. The largest absolute Gasteiger partial charge is 2.00 e. The number of para-hydroxylation sites is 2. The Labute approximate surface area is 217 Å². The van der Waals surface area contributed by atoms with Crippen molar-refractivity contribution >= 4 is 23.2 Å². The van der Waals surface area contributed by atoms with E-state index in [4.69, 9.17) is 16.3 Å². The molecule has 31 heavy (non-hydrogen) atoms. The van der Waals surface area contributed by atoms with Gasteiger partial charge in [0.25, 0.3) is 0 Å². The number of hydrogen-bond donors (Lipinski definition) is 0. The van der Waals surface area contributed by atoms with Crippen LogP contribution in [0.25, 0.3) is 0 Å². The Kier molecular flexibility index (Phi) is 11.2. The summed E-state index contributed by atoms with van der Waals surface area (Å²) in [5, 5.41) is 0. The van der Waals surface area contributed by atoms with Gasteiger partial charge in [0.2, 0.25) is 5.91 Å². The van der Waals surface area contributed by atoms with E-state index < -0.39 is 0 Å². The van der Waals surface area contributed by atoms with Gasteiger partial charge in [-0.25, -0.2) is 0 Å². The van der Waals surface area contributed by atoms with Crippen LogP contribution in [0.4, 0.5) is 5.69 Å². The van der Waals surface area contributed by atoms with Gasteiger partial charge >= 0.3 is 31.1 Å². The second-order valence-corrected chi connectivity index (χ2v) is 8.58. The van der Waals surface area contributed by atoms with Crippen LogP contribution in [0, 0.1) is 44.0 Å². The number of halogens is 1. The van der Waals surface area contributed by atoms with E-state index in [1.165, 1.54) is 25.7 Å². The maximum absolute atomic E-state index is 12.5. The molecule has 1 aromatic rings. The minimum atomic E-state index is 0. The SMILES string of the molecule is COc1ccccc1N(C(C)=O)C1CCN(C2CC3CCC(C2)N3[CH-]Cl)CC1.[CH2-]C.[U+2]. The molecule has 0 aromatic heterocycles. The Hall–Kier alpha value is -0.248. The van der Waals surface area contributed by atoms with Crippen LogP contribution in [0.15, 0.2) is 24.3 Å². The van der Waals surface area contributed by atoms with Crippen molar-refractivity contribution in [2.24, 2.45) is 0 Å². The number of rotatable bonds is 5. The molecule has 0 saturated carbocycles. The quantitative estimate of drug-likeness (QED) is 0.336. The predicted molar refractivity (Wildman–Crippen MR) is 124 cm³/mol. The fourth-order valence-corrected chi connectivity index (χ4v) is 5.92. The molecule has 1 aromatic carbocycles. The average molecular weight is 672 g/mol. The summed E-state index contributed by atoms with van der Waals surface area (Å²) < 4.78 is 5.51. The topological polar surface area (TPSA) is 36.0 Å². The molecule has 3 saturated heterocycles. The summed E-state index contributed by atoms with van der Waals surface area (Å²) in [6.07, 6.45) is 6.99. The smallest absolute Gasteiger partial charge is 0.495 e. The summed E-state index contributed by atoms with van der Waals surface area (Å²) in [7, 11) is 1.67. The van der Waals surface area contributed by atoms with E-state index >= 15 is 0 Å². The number of anilines is 1. The summed E-state index contributed by atoms with van der Waals surface area (Å²) in [6.45, 7) is 8.77.